The number of benzene rings is 8. The minimum absolute atomic E-state index is 0.616. The monoisotopic (exact) mass is 689 g/mol. The van der Waals surface area contributed by atoms with Crippen LogP contribution in [-0.2, 0) is 5.41 Å². The van der Waals surface area contributed by atoms with Gasteiger partial charge >= 0.3 is 0 Å². The number of para-hydroxylation sites is 1. The average molecular weight is 690 g/mol. The van der Waals surface area contributed by atoms with Crippen LogP contribution in [0.1, 0.15) is 22.3 Å². The molecule has 11 rings (SSSR count). The van der Waals surface area contributed by atoms with Crippen molar-refractivity contribution in [3.8, 4) is 67.9 Å². The van der Waals surface area contributed by atoms with Crippen LogP contribution in [0.5, 0.6) is 11.5 Å². The molecule has 0 radical (unpaired) electrons. The molecule has 0 amide bonds. The summed E-state index contributed by atoms with van der Waals surface area (Å²) in [7, 11) is 0. The molecular formula is C50H31N3O. The van der Waals surface area contributed by atoms with Gasteiger partial charge in [-0.1, -0.05) is 176 Å². The van der Waals surface area contributed by atoms with Crippen molar-refractivity contribution < 1.29 is 4.74 Å². The Bertz CT molecular complexity index is 2860. The van der Waals surface area contributed by atoms with Crippen LogP contribution in [0.2, 0.25) is 0 Å². The van der Waals surface area contributed by atoms with E-state index < -0.39 is 5.41 Å². The molecule has 0 bridgehead atoms. The van der Waals surface area contributed by atoms with E-state index in [2.05, 4.69) is 127 Å². The first-order valence-electron chi connectivity index (χ1n) is 18.3. The van der Waals surface area contributed by atoms with Gasteiger partial charge in [-0.3, -0.25) is 0 Å². The largest absolute Gasteiger partial charge is 0.456 e. The molecule has 8 aromatic carbocycles. The number of aromatic nitrogens is 3. The van der Waals surface area contributed by atoms with Crippen molar-refractivity contribution in [2.75, 3.05) is 0 Å². The highest BCUT2D eigenvalue weighted by molar-refractivity contribution is 5.97. The highest BCUT2D eigenvalue weighted by atomic mass is 16.5. The number of hydrogen-bond acceptors (Lipinski definition) is 4. The maximum absolute atomic E-state index is 6.98. The van der Waals surface area contributed by atoms with Gasteiger partial charge in [0, 0.05) is 33.2 Å². The van der Waals surface area contributed by atoms with E-state index >= 15 is 0 Å². The van der Waals surface area contributed by atoms with Crippen molar-refractivity contribution in [1.82, 2.24) is 15.0 Å². The fourth-order valence-electron chi connectivity index (χ4n) is 8.66. The number of ether oxygens (including phenoxy) is 1. The Morgan fingerprint density at radius 1 is 0.352 bits per heavy atom. The van der Waals surface area contributed by atoms with E-state index in [1.165, 1.54) is 22.3 Å². The normalized spacial score (nSPS) is 14.9. The van der Waals surface area contributed by atoms with Gasteiger partial charge in [0.15, 0.2) is 17.5 Å². The molecule has 9 aromatic rings. The summed E-state index contributed by atoms with van der Waals surface area (Å²) < 4.78 is 6.98. The summed E-state index contributed by atoms with van der Waals surface area (Å²) in [4.78, 5) is 15.3. The number of hydrogen-bond donors (Lipinski definition) is 0. The minimum atomic E-state index is -0.757. The molecule has 0 fully saturated rings. The predicted molar refractivity (Wildman–Crippen MR) is 216 cm³/mol. The van der Waals surface area contributed by atoms with Crippen LogP contribution in [0, 0.1) is 0 Å². The predicted octanol–water partition coefficient (Wildman–Crippen LogP) is 12.2. The lowest BCUT2D eigenvalue weighted by Crippen LogP contribution is -2.35. The average Bonchev–Trinajstić information content (AvgIpc) is 3.35. The fraction of sp³-hybridized carbons (Fsp3) is 0.0200. The summed E-state index contributed by atoms with van der Waals surface area (Å²) in [6.07, 6.45) is 0. The molecule has 54 heavy (non-hydrogen) atoms. The highest BCUT2D eigenvalue weighted by Gasteiger charge is 2.49. The second-order valence-electron chi connectivity index (χ2n) is 13.9. The molecule has 1 unspecified atom stereocenters. The third kappa shape index (κ3) is 4.47. The van der Waals surface area contributed by atoms with Gasteiger partial charge in [0.25, 0.3) is 0 Å². The van der Waals surface area contributed by atoms with Gasteiger partial charge in [-0.2, -0.15) is 0 Å². The van der Waals surface area contributed by atoms with Gasteiger partial charge in [0.2, 0.25) is 0 Å². The lowest BCUT2D eigenvalue weighted by atomic mass is 9.61. The Morgan fingerprint density at radius 2 is 0.889 bits per heavy atom. The molecule has 4 heteroatoms. The first kappa shape index (κ1) is 30.5. The van der Waals surface area contributed by atoms with Crippen molar-refractivity contribution >= 4 is 10.8 Å². The van der Waals surface area contributed by atoms with Crippen molar-refractivity contribution in [2.24, 2.45) is 0 Å². The molecule has 2 aliphatic rings. The molecule has 2 heterocycles. The van der Waals surface area contributed by atoms with Gasteiger partial charge in [-0.05, 0) is 50.9 Å². The number of nitrogens with zero attached hydrogens (tertiary/aromatic N) is 3. The Balaban J connectivity index is 1.28. The van der Waals surface area contributed by atoms with Crippen LogP contribution in [0.3, 0.4) is 0 Å². The van der Waals surface area contributed by atoms with Crippen LogP contribution >= 0.6 is 0 Å². The van der Waals surface area contributed by atoms with Crippen molar-refractivity contribution in [3.63, 3.8) is 0 Å². The number of fused-ring (bicyclic) bond motifs is 13. The van der Waals surface area contributed by atoms with Gasteiger partial charge in [-0.25, -0.2) is 15.0 Å². The van der Waals surface area contributed by atoms with Crippen LogP contribution in [0.4, 0.5) is 0 Å². The smallest absolute Gasteiger partial charge is 0.164 e. The van der Waals surface area contributed by atoms with E-state index in [1.807, 2.05) is 60.7 Å². The second kappa shape index (κ2) is 11.9. The molecule has 1 aliphatic carbocycles. The molecule has 0 saturated carbocycles. The van der Waals surface area contributed by atoms with E-state index in [9.17, 15) is 0 Å². The Morgan fingerprint density at radius 3 is 1.59 bits per heavy atom. The zero-order valence-corrected chi connectivity index (χ0v) is 29.1. The fourth-order valence-corrected chi connectivity index (χ4v) is 8.66. The molecule has 1 atom stereocenters. The third-order valence-corrected chi connectivity index (χ3v) is 11.0. The van der Waals surface area contributed by atoms with E-state index in [1.54, 1.807) is 0 Å². The third-order valence-electron chi connectivity index (χ3n) is 11.0. The van der Waals surface area contributed by atoms with Gasteiger partial charge in [0.05, 0.1) is 5.41 Å². The van der Waals surface area contributed by atoms with Gasteiger partial charge in [-0.15, -0.1) is 0 Å². The maximum Gasteiger partial charge on any atom is 0.164 e. The van der Waals surface area contributed by atoms with E-state index in [-0.39, 0.29) is 0 Å². The van der Waals surface area contributed by atoms with Crippen LogP contribution in [-0.4, -0.2) is 15.0 Å². The minimum Gasteiger partial charge on any atom is -0.456 e. The topological polar surface area (TPSA) is 47.9 Å². The zero-order valence-electron chi connectivity index (χ0n) is 29.1. The standard InChI is InChI=1S/C50H31N3O/c1-3-16-33(17-4-1)47-51-48(34-18-5-2-6-19-34)53-49(52-47)35-27-29-40-38-22-10-9-21-37(38)39-23-11-12-24-41(39)50(44(40)31-35)42-25-13-14-26-45(42)54-46-36-20-8-7-15-32(36)28-30-43(46)50/h1-31H. The lowest BCUT2D eigenvalue weighted by molar-refractivity contribution is 0.440. The summed E-state index contributed by atoms with van der Waals surface area (Å²) in [5.41, 5.74) is 11.3. The maximum atomic E-state index is 6.98. The molecule has 0 N–H and O–H groups in total. The van der Waals surface area contributed by atoms with Crippen LogP contribution in [0.15, 0.2) is 188 Å². The lowest BCUT2D eigenvalue weighted by Gasteiger charge is -2.42. The Hall–Kier alpha value is -7.17. The molecule has 1 aliphatic heterocycles. The van der Waals surface area contributed by atoms with Crippen LogP contribution < -0.4 is 4.74 Å². The first-order chi connectivity index (χ1) is 26.8. The van der Waals surface area contributed by atoms with Crippen molar-refractivity contribution in [3.05, 3.63) is 210 Å². The molecular weight excluding hydrogens is 659 g/mol. The summed E-state index contributed by atoms with van der Waals surface area (Å²) in [5, 5.41) is 2.22. The number of rotatable bonds is 3. The quantitative estimate of drug-likeness (QED) is 0.185. The molecule has 1 spiro atoms. The second-order valence-corrected chi connectivity index (χ2v) is 13.9. The summed E-state index contributed by atoms with van der Waals surface area (Å²) >= 11 is 0. The highest BCUT2D eigenvalue weighted by Crippen LogP contribution is 2.62. The molecule has 0 saturated heterocycles. The van der Waals surface area contributed by atoms with Crippen LogP contribution in [0.25, 0.3) is 67.2 Å². The summed E-state index contributed by atoms with van der Waals surface area (Å²) in [6.45, 7) is 0. The van der Waals surface area contributed by atoms with Gasteiger partial charge < -0.3 is 4.74 Å². The van der Waals surface area contributed by atoms with Crippen molar-refractivity contribution in [1.29, 1.82) is 0 Å². The Labute approximate surface area is 313 Å². The first-order valence-corrected chi connectivity index (χ1v) is 18.3. The van der Waals surface area contributed by atoms with Crippen molar-refractivity contribution in [2.45, 2.75) is 5.41 Å². The molecule has 4 nitrogen and oxygen atoms in total. The van der Waals surface area contributed by atoms with Gasteiger partial charge in [0.1, 0.15) is 11.5 Å². The molecule has 1 aromatic heterocycles. The summed E-state index contributed by atoms with van der Waals surface area (Å²) in [5.74, 6) is 3.60. The van der Waals surface area contributed by atoms with E-state index in [0.717, 1.165) is 61.2 Å². The van der Waals surface area contributed by atoms with E-state index in [4.69, 9.17) is 19.7 Å². The molecule has 252 valence electrons. The zero-order chi connectivity index (χ0) is 35.6. The van der Waals surface area contributed by atoms with E-state index in [0.29, 0.717) is 17.5 Å². The SMILES string of the molecule is c1ccc(-c2nc(-c3ccccc3)nc(-c3ccc4c(c3)C3(c5ccccc5Oc5c3ccc3ccccc53)c3ccccc3-c3ccccc3-4)n2)cc1. The Kier molecular flexibility index (Phi) is 6.73. The summed E-state index contributed by atoms with van der Waals surface area (Å²) in [6, 6.07) is 66.3.